The van der Waals surface area contributed by atoms with Gasteiger partial charge in [-0.15, -0.1) is 0 Å². The molecule has 0 radical (unpaired) electrons. The average molecular weight is 191 g/mol. The van der Waals surface area contributed by atoms with Crippen molar-refractivity contribution in [3.63, 3.8) is 0 Å². The maximum absolute atomic E-state index is 4.16. The van der Waals surface area contributed by atoms with Gasteiger partial charge in [-0.25, -0.2) is 0 Å². The quantitative estimate of drug-likeness (QED) is 0.743. The molecule has 0 aliphatic carbocycles. The fraction of sp³-hybridized carbons (Fsp3) is 0.545. The second kappa shape index (κ2) is 3.96. The van der Waals surface area contributed by atoms with Crippen LogP contribution in [-0.2, 0) is 0 Å². The first-order valence-electron chi connectivity index (χ1n) is 5.16. The highest BCUT2D eigenvalue weighted by atomic mass is 15.0. The zero-order valence-corrected chi connectivity index (χ0v) is 8.80. The zero-order chi connectivity index (χ0) is 9.97. The lowest BCUT2D eigenvalue weighted by molar-refractivity contribution is 0.790. The molecule has 2 heterocycles. The summed E-state index contributed by atoms with van der Waals surface area (Å²) in [6.07, 6.45) is 5.04. The molecule has 1 fully saturated rings. The maximum Gasteiger partial charge on any atom is 0.0433 e. The monoisotopic (exact) mass is 191 g/mol. The Kier molecular flexibility index (Phi) is 2.68. The normalized spacial score (nSPS) is 21.1. The first kappa shape index (κ1) is 9.46. The van der Waals surface area contributed by atoms with Crippen molar-refractivity contribution in [1.82, 2.24) is 10.3 Å². The van der Waals surface area contributed by atoms with Crippen LogP contribution in [-0.4, -0.2) is 24.1 Å². The first-order chi connectivity index (χ1) is 6.77. The van der Waals surface area contributed by atoms with Crippen LogP contribution in [0.15, 0.2) is 12.4 Å². The molecule has 1 aromatic heterocycles. The van der Waals surface area contributed by atoms with Crippen LogP contribution in [0.4, 0.5) is 5.69 Å². The second-order valence-electron chi connectivity index (χ2n) is 3.98. The van der Waals surface area contributed by atoms with Crippen LogP contribution in [0.25, 0.3) is 0 Å². The number of rotatable bonds is 2. The highest BCUT2D eigenvalue weighted by molar-refractivity contribution is 5.55. The summed E-state index contributed by atoms with van der Waals surface area (Å²) < 4.78 is 0. The van der Waals surface area contributed by atoms with Gasteiger partial charge < -0.3 is 10.6 Å². The van der Waals surface area contributed by atoms with E-state index < -0.39 is 0 Å². The molecular formula is C11H17N3. The number of anilines is 1. The van der Waals surface area contributed by atoms with Crippen LogP contribution >= 0.6 is 0 Å². The summed E-state index contributed by atoms with van der Waals surface area (Å²) in [6, 6.07) is 0.579. The lowest BCUT2D eigenvalue weighted by Crippen LogP contribution is -2.23. The van der Waals surface area contributed by atoms with E-state index in [2.05, 4.69) is 29.5 Å². The standard InChI is InChI=1S/C11H17N3/c1-8-5-13-6-9(2)11(8)14-10-3-4-12-7-10/h5-6,10,12H,3-4,7H2,1-2H3,(H,13,14). The lowest BCUT2D eigenvalue weighted by atomic mass is 10.1. The lowest BCUT2D eigenvalue weighted by Gasteiger charge is -2.16. The summed E-state index contributed by atoms with van der Waals surface area (Å²) in [7, 11) is 0. The van der Waals surface area contributed by atoms with Gasteiger partial charge in [0, 0.05) is 30.7 Å². The van der Waals surface area contributed by atoms with Crippen molar-refractivity contribution >= 4 is 5.69 Å². The van der Waals surface area contributed by atoms with Gasteiger partial charge in [-0.2, -0.15) is 0 Å². The van der Waals surface area contributed by atoms with Crippen LogP contribution in [0.1, 0.15) is 17.5 Å². The Balaban J connectivity index is 2.14. The minimum absolute atomic E-state index is 0.579. The van der Waals surface area contributed by atoms with Crippen LogP contribution in [0, 0.1) is 13.8 Å². The van der Waals surface area contributed by atoms with Gasteiger partial charge >= 0.3 is 0 Å². The molecule has 0 saturated carbocycles. The summed E-state index contributed by atoms with van der Waals surface area (Å²) >= 11 is 0. The molecule has 0 bridgehead atoms. The molecule has 3 nitrogen and oxygen atoms in total. The van der Waals surface area contributed by atoms with Gasteiger partial charge in [-0.3, -0.25) is 4.98 Å². The van der Waals surface area contributed by atoms with Crippen LogP contribution in [0.3, 0.4) is 0 Å². The number of hydrogen-bond donors (Lipinski definition) is 2. The van der Waals surface area contributed by atoms with Gasteiger partial charge in [-0.1, -0.05) is 0 Å². The summed E-state index contributed by atoms with van der Waals surface area (Å²) in [5.74, 6) is 0. The third-order valence-corrected chi connectivity index (χ3v) is 2.73. The summed E-state index contributed by atoms with van der Waals surface area (Å²) in [5, 5.41) is 6.93. The maximum atomic E-state index is 4.16. The minimum atomic E-state index is 0.579. The van der Waals surface area contributed by atoms with E-state index in [4.69, 9.17) is 0 Å². The predicted molar refractivity (Wildman–Crippen MR) is 58.6 cm³/mol. The Labute approximate surface area is 84.9 Å². The molecule has 1 aliphatic heterocycles. The molecule has 1 unspecified atom stereocenters. The molecule has 1 saturated heterocycles. The Morgan fingerprint density at radius 3 is 2.64 bits per heavy atom. The minimum Gasteiger partial charge on any atom is -0.380 e. The molecule has 2 N–H and O–H groups in total. The molecule has 1 aromatic rings. The summed E-state index contributed by atoms with van der Waals surface area (Å²) in [4.78, 5) is 4.16. The summed E-state index contributed by atoms with van der Waals surface area (Å²) in [6.45, 7) is 6.40. The van der Waals surface area contributed by atoms with Crippen molar-refractivity contribution in [3.8, 4) is 0 Å². The van der Waals surface area contributed by atoms with Gasteiger partial charge in [0.25, 0.3) is 0 Å². The third kappa shape index (κ3) is 1.87. The number of aromatic nitrogens is 1. The second-order valence-corrected chi connectivity index (χ2v) is 3.98. The van der Waals surface area contributed by atoms with Crippen molar-refractivity contribution < 1.29 is 0 Å². The van der Waals surface area contributed by atoms with Crippen molar-refractivity contribution in [2.45, 2.75) is 26.3 Å². The largest absolute Gasteiger partial charge is 0.380 e. The fourth-order valence-electron chi connectivity index (χ4n) is 1.91. The SMILES string of the molecule is Cc1cncc(C)c1NC1CCNC1. The summed E-state index contributed by atoms with van der Waals surface area (Å²) in [5.41, 5.74) is 3.72. The van der Waals surface area contributed by atoms with E-state index >= 15 is 0 Å². The molecular weight excluding hydrogens is 174 g/mol. The van der Waals surface area contributed by atoms with Crippen molar-refractivity contribution in [2.75, 3.05) is 18.4 Å². The van der Waals surface area contributed by atoms with E-state index in [9.17, 15) is 0 Å². The molecule has 1 aliphatic rings. The highest BCUT2D eigenvalue weighted by Gasteiger charge is 2.15. The molecule has 1 atom stereocenters. The molecule has 0 spiro atoms. The predicted octanol–water partition coefficient (Wildman–Crippen LogP) is 1.47. The van der Waals surface area contributed by atoms with E-state index in [1.807, 2.05) is 12.4 Å². The molecule has 2 rings (SSSR count). The van der Waals surface area contributed by atoms with Crippen molar-refractivity contribution in [1.29, 1.82) is 0 Å². The van der Waals surface area contributed by atoms with E-state index in [1.54, 1.807) is 0 Å². The fourth-order valence-corrected chi connectivity index (χ4v) is 1.91. The van der Waals surface area contributed by atoms with E-state index in [0.717, 1.165) is 13.1 Å². The Morgan fingerprint density at radius 2 is 2.07 bits per heavy atom. The average Bonchev–Trinajstić information content (AvgIpc) is 2.64. The van der Waals surface area contributed by atoms with Crippen LogP contribution in [0.5, 0.6) is 0 Å². The number of hydrogen-bond acceptors (Lipinski definition) is 3. The number of nitrogens with one attached hydrogen (secondary N) is 2. The zero-order valence-electron chi connectivity index (χ0n) is 8.80. The smallest absolute Gasteiger partial charge is 0.0433 e. The van der Waals surface area contributed by atoms with E-state index in [-0.39, 0.29) is 0 Å². The van der Waals surface area contributed by atoms with Gasteiger partial charge in [0.1, 0.15) is 0 Å². The van der Waals surface area contributed by atoms with Crippen LogP contribution < -0.4 is 10.6 Å². The molecule has 14 heavy (non-hydrogen) atoms. The molecule has 0 aromatic carbocycles. The third-order valence-electron chi connectivity index (χ3n) is 2.73. The van der Waals surface area contributed by atoms with Gasteiger partial charge in [-0.05, 0) is 37.9 Å². The number of aryl methyl sites for hydroxylation is 2. The van der Waals surface area contributed by atoms with E-state index in [0.29, 0.717) is 6.04 Å². The Bertz CT molecular complexity index is 296. The first-order valence-corrected chi connectivity index (χ1v) is 5.16. The number of nitrogens with zero attached hydrogens (tertiary/aromatic N) is 1. The highest BCUT2D eigenvalue weighted by Crippen LogP contribution is 2.20. The van der Waals surface area contributed by atoms with Gasteiger partial charge in [0.05, 0.1) is 0 Å². The van der Waals surface area contributed by atoms with Gasteiger partial charge in [0.2, 0.25) is 0 Å². The van der Waals surface area contributed by atoms with Crippen molar-refractivity contribution in [3.05, 3.63) is 23.5 Å². The van der Waals surface area contributed by atoms with Crippen molar-refractivity contribution in [2.24, 2.45) is 0 Å². The Hall–Kier alpha value is -1.09. The van der Waals surface area contributed by atoms with E-state index in [1.165, 1.54) is 23.2 Å². The molecule has 3 heteroatoms. The van der Waals surface area contributed by atoms with Crippen LogP contribution in [0.2, 0.25) is 0 Å². The molecule has 76 valence electrons. The molecule has 0 amide bonds. The van der Waals surface area contributed by atoms with Gasteiger partial charge in [0.15, 0.2) is 0 Å². The number of pyridine rings is 1. The Morgan fingerprint density at radius 1 is 1.36 bits per heavy atom. The topological polar surface area (TPSA) is 37.0 Å².